The fourth-order valence-corrected chi connectivity index (χ4v) is 9.64. The second-order valence-corrected chi connectivity index (χ2v) is 18.9. The number of aromatic hydroxyl groups is 1. The average molecular weight is 956 g/mol. The van der Waals surface area contributed by atoms with Crippen LogP contribution in [0.2, 0.25) is 0 Å². The third-order valence-electron chi connectivity index (χ3n) is 13.5. The van der Waals surface area contributed by atoms with E-state index in [1.165, 1.54) is 29.2 Å². The van der Waals surface area contributed by atoms with Crippen molar-refractivity contribution >= 4 is 11.8 Å². The highest BCUT2D eigenvalue weighted by Gasteiger charge is 2.24. The monoisotopic (exact) mass is 956 g/mol. The van der Waals surface area contributed by atoms with Crippen LogP contribution in [0.5, 0.6) is 11.5 Å². The lowest BCUT2D eigenvalue weighted by Crippen LogP contribution is -2.30. The van der Waals surface area contributed by atoms with Crippen molar-refractivity contribution in [2.75, 3.05) is 13.2 Å². The van der Waals surface area contributed by atoms with Gasteiger partial charge in [-0.3, -0.25) is 19.0 Å². The van der Waals surface area contributed by atoms with Crippen LogP contribution in [-0.2, 0) is 35.3 Å². The highest BCUT2D eigenvalue weighted by atomic mass is 19.1. The number of aromatic nitrogens is 3. The van der Waals surface area contributed by atoms with Crippen LogP contribution in [0.1, 0.15) is 117 Å². The standard InChI is InChI=1S/C60H66FN5O5/c61-51-39-46(41-54-60(70)66-42-55(47-28-30-49(67)31-29-47)63-53(59(66)65-54)40-45-23-13-7-14-24-45)27-32-56(51)71-36-18-4-2-1-3-17-35-62-57(68)33-34-58(69)64-52-26-16-8-15-25-48(37-43-19-9-5-10-20-43)50(52)38-44-21-11-6-12-22-44/h5-7,9-14,19-24,27-32,39,42,48,63,67H,1-4,8,15-18,25-26,33-38,40-41H2,(H,62,68)(H,64,69). The van der Waals surface area contributed by atoms with Gasteiger partial charge in [-0.2, -0.15) is 0 Å². The first-order valence-corrected chi connectivity index (χ1v) is 25.5. The highest BCUT2D eigenvalue weighted by Crippen LogP contribution is 2.33. The lowest BCUT2D eigenvalue weighted by atomic mass is 9.80. The van der Waals surface area contributed by atoms with E-state index in [0.29, 0.717) is 48.3 Å². The lowest BCUT2D eigenvalue weighted by Gasteiger charge is -2.27. The van der Waals surface area contributed by atoms with E-state index in [1.807, 2.05) is 36.4 Å². The van der Waals surface area contributed by atoms with Crippen LogP contribution in [0, 0.1) is 11.7 Å². The summed E-state index contributed by atoms with van der Waals surface area (Å²) in [5, 5.41) is 16.1. The first-order chi connectivity index (χ1) is 34.8. The molecule has 71 heavy (non-hydrogen) atoms. The Morgan fingerprint density at radius 3 is 2.10 bits per heavy atom. The predicted octanol–water partition coefficient (Wildman–Crippen LogP) is 11.7. The van der Waals surface area contributed by atoms with Gasteiger partial charge >= 0.3 is 0 Å². The third kappa shape index (κ3) is 14.6. The number of benzene rings is 5. The minimum Gasteiger partial charge on any atom is -0.508 e. The summed E-state index contributed by atoms with van der Waals surface area (Å²) in [6.45, 7) is 0.969. The Morgan fingerprint density at radius 2 is 1.38 bits per heavy atom. The molecule has 0 spiro atoms. The van der Waals surface area contributed by atoms with E-state index in [4.69, 9.17) is 9.72 Å². The smallest absolute Gasteiger partial charge is 0.278 e. The van der Waals surface area contributed by atoms with Crippen molar-refractivity contribution in [2.45, 2.75) is 109 Å². The molecule has 1 unspecified atom stereocenters. The van der Waals surface area contributed by atoms with Crippen molar-refractivity contribution in [3.05, 3.63) is 201 Å². The zero-order chi connectivity index (χ0) is 49.2. The number of nitrogens with one attached hydrogen (secondary N) is 3. The largest absolute Gasteiger partial charge is 0.508 e. The number of imidazole rings is 1. The third-order valence-corrected chi connectivity index (χ3v) is 13.5. The highest BCUT2D eigenvalue weighted by molar-refractivity contribution is 5.84. The van der Waals surface area contributed by atoms with Crippen molar-refractivity contribution in [1.82, 2.24) is 25.2 Å². The molecule has 10 nitrogen and oxygen atoms in total. The Balaban J connectivity index is 0.740. The van der Waals surface area contributed by atoms with Gasteiger partial charge < -0.3 is 25.5 Å². The van der Waals surface area contributed by atoms with Gasteiger partial charge in [0.15, 0.2) is 17.4 Å². The zero-order valence-corrected chi connectivity index (χ0v) is 40.6. The summed E-state index contributed by atoms with van der Waals surface area (Å²) in [4.78, 5) is 48.1. The molecule has 2 aliphatic heterocycles. The SMILES string of the molecule is O=C(CCC(=O)NC1=C(Cc2ccccc2)C(Cc2ccccc2)CCCCC1)NCCCCCCCCOc1ccc(Cc2nc3c(Cc4ccccc4)[nH]c(-c4ccc(O)cc4)cn-3c2=O)cc1F. The number of fused-ring (bicyclic) bond motifs is 1. The van der Waals surface area contributed by atoms with Gasteiger partial charge in [0.1, 0.15) is 11.4 Å². The number of hydrogen-bond acceptors (Lipinski definition) is 6. The molecule has 0 bridgehead atoms. The summed E-state index contributed by atoms with van der Waals surface area (Å²) in [7, 11) is 0. The van der Waals surface area contributed by atoms with Crippen LogP contribution >= 0.6 is 0 Å². The minimum absolute atomic E-state index is 0.0997. The Morgan fingerprint density at radius 1 is 0.718 bits per heavy atom. The van der Waals surface area contributed by atoms with Gasteiger partial charge in [0.05, 0.1) is 18.0 Å². The average Bonchev–Trinajstić information content (AvgIpc) is 3.69. The van der Waals surface area contributed by atoms with Gasteiger partial charge in [0, 0.05) is 44.1 Å². The van der Waals surface area contributed by atoms with Gasteiger partial charge in [-0.1, -0.05) is 136 Å². The molecule has 0 aromatic heterocycles. The summed E-state index contributed by atoms with van der Waals surface area (Å²) < 4.78 is 22.7. The zero-order valence-electron chi connectivity index (χ0n) is 40.6. The number of halogens is 1. The molecule has 11 heteroatoms. The molecule has 4 N–H and O–H groups in total. The fraction of sp³-hybridized carbons (Fsp3) is 0.333. The molecule has 2 heterocycles. The van der Waals surface area contributed by atoms with E-state index in [9.17, 15) is 19.5 Å². The molecule has 8 rings (SSSR count). The summed E-state index contributed by atoms with van der Waals surface area (Å²) >= 11 is 0. The number of nitrogens with zero attached hydrogens (tertiary/aromatic N) is 2. The molecule has 0 fully saturated rings. The molecule has 2 amide bonds. The van der Waals surface area contributed by atoms with Crippen LogP contribution in [0.25, 0.3) is 17.1 Å². The molecule has 0 saturated carbocycles. The van der Waals surface area contributed by atoms with Crippen LogP contribution in [0.3, 0.4) is 0 Å². The van der Waals surface area contributed by atoms with Crippen molar-refractivity contribution < 1.29 is 23.8 Å². The van der Waals surface area contributed by atoms with Crippen molar-refractivity contribution in [2.24, 2.45) is 5.92 Å². The number of phenols is 1. The van der Waals surface area contributed by atoms with Gasteiger partial charge in [-0.05, 0) is 121 Å². The summed E-state index contributed by atoms with van der Waals surface area (Å²) in [5.41, 5.74) is 8.89. The first kappa shape index (κ1) is 50.1. The number of hydrogen-bond donors (Lipinski definition) is 4. The molecule has 3 aliphatic rings. The molecule has 5 aromatic rings. The number of phenolic OH excluding ortho intramolecular Hbond substituents is 1. The van der Waals surface area contributed by atoms with E-state index in [-0.39, 0.29) is 48.1 Å². The van der Waals surface area contributed by atoms with E-state index in [1.54, 1.807) is 47.2 Å². The first-order valence-electron chi connectivity index (χ1n) is 25.5. The lowest BCUT2D eigenvalue weighted by molar-refractivity contribution is -0.126. The normalized spacial score (nSPS) is 14.0. The Hall–Kier alpha value is -7.27. The molecule has 5 aromatic carbocycles. The number of carbonyl (C=O) groups is 2. The van der Waals surface area contributed by atoms with Gasteiger partial charge in [0.25, 0.3) is 5.56 Å². The molecule has 1 aliphatic carbocycles. The molecular weight excluding hydrogens is 890 g/mol. The van der Waals surface area contributed by atoms with Crippen LogP contribution in [-0.4, -0.2) is 44.6 Å². The number of allylic oxidation sites excluding steroid dienone is 2. The Labute approximate surface area is 416 Å². The van der Waals surface area contributed by atoms with Crippen LogP contribution in [0.15, 0.2) is 156 Å². The maximum absolute atomic E-state index is 15.3. The molecule has 0 radical (unpaired) electrons. The topological polar surface area (TPSA) is 138 Å². The van der Waals surface area contributed by atoms with Crippen LogP contribution in [0.4, 0.5) is 4.39 Å². The molecule has 0 saturated heterocycles. The maximum atomic E-state index is 15.3. The van der Waals surface area contributed by atoms with Crippen LogP contribution < -0.4 is 20.9 Å². The molecule has 368 valence electrons. The number of ether oxygens (including phenoxy) is 1. The van der Waals surface area contributed by atoms with Crippen molar-refractivity contribution in [1.29, 1.82) is 0 Å². The second kappa shape index (κ2) is 25.5. The second-order valence-electron chi connectivity index (χ2n) is 18.9. The number of aromatic amines is 1. The molecule has 1 atom stereocenters. The minimum atomic E-state index is -0.484. The maximum Gasteiger partial charge on any atom is 0.278 e. The number of amides is 2. The van der Waals surface area contributed by atoms with E-state index in [0.717, 1.165) is 99.6 Å². The number of rotatable bonds is 23. The van der Waals surface area contributed by atoms with Gasteiger partial charge in [-0.25, -0.2) is 9.37 Å². The summed E-state index contributed by atoms with van der Waals surface area (Å²) in [5.74, 6) is 0.491. The quantitative estimate of drug-likeness (QED) is 0.0471. The summed E-state index contributed by atoms with van der Waals surface area (Å²) in [6, 6.07) is 42.6. The van der Waals surface area contributed by atoms with E-state index >= 15 is 4.39 Å². The van der Waals surface area contributed by atoms with Crippen molar-refractivity contribution in [3.63, 3.8) is 0 Å². The van der Waals surface area contributed by atoms with E-state index < -0.39 is 5.82 Å². The Bertz CT molecular complexity index is 2860. The molecular formula is C60H66FN5O5. The Kier molecular flexibility index (Phi) is 18.0. The summed E-state index contributed by atoms with van der Waals surface area (Å²) in [6.07, 6.45) is 15.3. The number of H-pyrrole nitrogens is 1. The van der Waals surface area contributed by atoms with Crippen molar-refractivity contribution in [3.8, 4) is 28.6 Å². The van der Waals surface area contributed by atoms with E-state index in [2.05, 4.69) is 70.2 Å². The fourth-order valence-electron chi connectivity index (χ4n) is 9.64. The predicted molar refractivity (Wildman–Crippen MR) is 278 cm³/mol. The number of carbonyl (C=O) groups excluding carboxylic acids is 2. The number of unbranched alkanes of at least 4 members (excludes halogenated alkanes) is 5. The van der Waals surface area contributed by atoms with Gasteiger partial charge in [0.2, 0.25) is 11.8 Å². The van der Waals surface area contributed by atoms with Gasteiger partial charge in [-0.15, -0.1) is 0 Å².